The van der Waals surface area contributed by atoms with Crippen LogP contribution in [0.1, 0.15) is 27.0 Å². The summed E-state index contributed by atoms with van der Waals surface area (Å²) in [7, 11) is -0.801. The van der Waals surface area contributed by atoms with Crippen molar-refractivity contribution < 1.29 is 22.7 Å². The molecule has 1 aromatic heterocycles. The Balaban J connectivity index is 1.56. The number of nitrogens with zero attached hydrogens (tertiary/aromatic N) is 1. The molecular weight excluding hydrogens is 514 g/mol. The first-order valence-electron chi connectivity index (χ1n) is 11.7. The van der Waals surface area contributed by atoms with Crippen molar-refractivity contribution in [3.05, 3.63) is 113 Å². The molecule has 0 saturated carbocycles. The molecule has 0 aliphatic heterocycles. The number of anilines is 2. The van der Waals surface area contributed by atoms with Crippen molar-refractivity contribution >= 4 is 33.4 Å². The molecule has 0 atom stereocenters. The van der Waals surface area contributed by atoms with E-state index in [1.165, 1.54) is 50.8 Å². The minimum Gasteiger partial charge on any atom is -0.496 e. The summed E-state index contributed by atoms with van der Waals surface area (Å²) >= 11 is 0. The molecule has 0 fully saturated rings. The highest BCUT2D eigenvalue weighted by atomic mass is 32.2. The van der Waals surface area contributed by atoms with Crippen LogP contribution in [0.25, 0.3) is 6.08 Å². The molecule has 0 bridgehead atoms. The lowest BCUT2D eigenvalue weighted by molar-refractivity contribution is 0.104. The van der Waals surface area contributed by atoms with Crippen molar-refractivity contribution in [3.63, 3.8) is 0 Å². The van der Waals surface area contributed by atoms with Gasteiger partial charge in [0.25, 0.3) is 10.0 Å². The van der Waals surface area contributed by atoms with E-state index < -0.39 is 10.0 Å². The number of ketones is 1. The highest BCUT2D eigenvalue weighted by Gasteiger charge is 2.15. The monoisotopic (exact) mass is 539 g/mol. The molecule has 0 aliphatic carbocycles. The van der Waals surface area contributed by atoms with Gasteiger partial charge in [-0.25, -0.2) is 13.4 Å². The predicted octanol–water partition coefficient (Wildman–Crippen LogP) is 4.78. The number of nitrogens with two attached hydrogens (primary N) is 1. The van der Waals surface area contributed by atoms with Crippen molar-refractivity contribution in [2.24, 2.45) is 0 Å². The summed E-state index contributed by atoms with van der Waals surface area (Å²) in [6.07, 6.45) is 4.47. The fourth-order valence-corrected chi connectivity index (χ4v) is 4.59. The minimum absolute atomic E-state index is 0.00720. The Kier molecular flexibility index (Phi) is 8.29. The molecule has 0 radical (unpaired) electrons. The van der Waals surface area contributed by atoms with Crippen molar-refractivity contribution in [2.75, 3.05) is 24.7 Å². The van der Waals surface area contributed by atoms with E-state index in [0.717, 1.165) is 0 Å². The normalized spacial score (nSPS) is 10.9. The number of ether oxygens (including phenoxy) is 2. The van der Waals surface area contributed by atoms with Gasteiger partial charge in [0.05, 0.1) is 24.7 Å². The molecule has 1 heterocycles. The first kappa shape index (κ1) is 27.0. The van der Waals surface area contributed by atoms with Gasteiger partial charge in [-0.1, -0.05) is 30.0 Å². The summed E-state index contributed by atoms with van der Waals surface area (Å²) in [6.45, 7) is 0. The number of hydrogen-bond donors (Lipinski definition) is 2. The van der Waals surface area contributed by atoms with Crippen LogP contribution in [0.2, 0.25) is 0 Å². The molecule has 196 valence electrons. The van der Waals surface area contributed by atoms with E-state index in [4.69, 9.17) is 15.2 Å². The summed E-state index contributed by atoms with van der Waals surface area (Å²) < 4.78 is 38.6. The van der Waals surface area contributed by atoms with Gasteiger partial charge in [0, 0.05) is 34.6 Å². The van der Waals surface area contributed by atoms with Gasteiger partial charge in [0.15, 0.2) is 5.78 Å². The molecule has 4 rings (SSSR count). The number of allylic oxidation sites excluding steroid dienone is 1. The van der Waals surface area contributed by atoms with Gasteiger partial charge in [-0.15, -0.1) is 0 Å². The molecule has 9 heteroatoms. The molecule has 39 heavy (non-hydrogen) atoms. The maximum absolute atomic E-state index is 12.9. The van der Waals surface area contributed by atoms with Gasteiger partial charge < -0.3 is 15.2 Å². The Morgan fingerprint density at radius 2 is 1.59 bits per heavy atom. The molecule has 0 saturated heterocycles. The van der Waals surface area contributed by atoms with Crippen LogP contribution in [0.15, 0.2) is 96.0 Å². The van der Waals surface area contributed by atoms with Gasteiger partial charge >= 0.3 is 0 Å². The fourth-order valence-electron chi connectivity index (χ4n) is 3.58. The second-order valence-corrected chi connectivity index (χ2v) is 9.86. The van der Waals surface area contributed by atoms with Gasteiger partial charge in [-0.05, 0) is 66.7 Å². The van der Waals surface area contributed by atoms with Gasteiger partial charge in [-0.2, -0.15) is 0 Å². The number of methoxy groups -OCH3 is 2. The number of benzene rings is 3. The van der Waals surface area contributed by atoms with E-state index in [0.29, 0.717) is 39.4 Å². The lowest BCUT2D eigenvalue weighted by atomic mass is 10.0. The summed E-state index contributed by atoms with van der Waals surface area (Å²) in [5, 5.41) is 0. The molecule has 3 N–H and O–H groups in total. The number of carbonyl (C=O) groups excluding carboxylic acids is 1. The Labute approximate surface area is 227 Å². The topological polar surface area (TPSA) is 121 Å². The van der Waals surface area contributed by atoms with Gasteiger partial charge in [0.2, 0.25) is 0 Å². The molecule has 4 aromatic rings. The Bertz CT molecular complexity index is 1690. The number of sulfonamides is 1. The Morgan fingerprint density at radius 3 is 2.26 bits per heavy atom. The molecule has 0 aliphatic rings. The summed E-state index contributed by atoms with van der Waals surface area (Å²) in [5.41, 5.74) is 8.75. The third-order valence-corrected chi connectivity index (χ3v) is 6.98. The average molecular weight is 540 g/mol. The second kappa shape index (κ2) is 12.0. The highest BCUT2D eigenvalue weighted by molar-refractivity contribution is 7.92. The molecular formula is C30H25N3O5S. The zero-order chi connectivity index (χ0) is 27.8. The fraction of sp³-hybridized carbons (Fsp3) is 0.0667. The van der Waals surface area contributed by atoms with Gasteiger partial charge in [0.1, 0.15) is 17.3 Å². The molecule has 0 unspecified atom stereocenters. The molecule has 8 nitrogen and oxygen atoms in total. The van der Waals surface area contributed by atoms with E-state index in [1.807, 2.05) is 18.2 Å². The number of para-hydroxylation sites is 1. The van der Waals surface area contributed by atoms with Crippen molar-refractivity contribution in [1.82, 2.24) is 4.98 Å². The van der Waals surface area contributed by atoms with Crippen LogP contribution in [0, 0.1) is 11.8 Å². The van der Waals surface area contributed by atoms with Crippen LogP contribution in [0.5, 0.6) is 11.5 Å². The Morgan fingerprint density at radius 1 is 0.897 bits per heavy atom. The van der Waals surface area contributed by atoms with Crippen molar-refractivity contribution in [3.8, 4) is 23.3 Å². The van der Waals surface area contributed by atoms with E-state index in [9.17, 15) is 13.2 Å². The predicted molar refractivity (Wildman–Crippen MR) is 151 cm³/mol. The highest BCUT2D eigenvalue weighted by Crippen LogP contribution is 2.30. The zero-order valence-electron chi connectivity index (χ0n) is 21.2. The van der Waals surface area contributed by atoms with E-state index in [1.54, 1.807) is 42.5 Å². The third kappa shape index (κ3) is 6.63. The van der Waals surface area contributed by atoms with E-state index >= 15 is 0 Å². The largest absolute Gasteiger partial charge is 0.496 e. The van der Waals surface area contributed by atoms with E-state index in [2.05, 4.69) is 21.5 Å². The summed E-state index contributed by atoms with van der Waals surface area (Å²) in [4.78, 5) is 16.8. The first-order valence-corrected chi connectivity index (χ1v) is 13.2. The number of aromatic nitrogens is 1. The summed E-state index contributed by atoms with van der Waals surface area (Å²) in [5.74, 6) is 7.00. The average Bonchev–Trinajstić information content (AvgIpc) is 2.95. The smallest absolute Gasteiger partial charge is 0.263 e. The van der Waals surface area contributed by atoms with Crippen LogP contribution in [0.4, 0.5) is 11.5 Å². The maximum atomic E-state index is 12.9. The molecule has 0 amide bonds. The van der Waals surface area contributed by atoms with Crippen molar-refractivity contribution in [1.29, 1.82) is 0 Å². The zero-order valence-corrected chi connectivity index (χ0v) is 22.0. The number of nitrogen functional groups attached to an aromatic ring is 1. The number of hydrogen-bond acceptors (Lipinski definition) is 7. The lowest BCUT2D eigenvalue weighted by Gasteiger charge is -2.10. The maximum Gasteiger partial charge on any atom is 0.263 e. The second-order valence-electron chi connectivity index (χ2n) is 8.17. The number of nitrogens with one attached hydrogen (secondary N) is 1. The first-order chi connectivity index (χ1) is 18.8. The van der Waals surface area contributed by atoms with Gasteiger partial charge in [-0.3, -0.25) is 9.52 Å². The third-order valence-electron chi connectivity index (χ3n) is 5.61. The van der Waals surface area contributed by atoms with Crippen molar-refractivity contribution in [2.45, 2.75) is 4.90 Å². The van der Waals surface area contributed by atoms with Crippen LogP contribution >= 0.6 is 0 Å². The Hall–Kier alpha value is -5.07. The summed E-state index contributed by atoms with van der Waals surface area (Å²) in [6, 6.07) is 21.3. The lowest BCUT2D eigenvalue weighted by Crippen LogP contribution is -2.13. The molecule has 0 spiro atoms. The standard InChI is InChI=1S/C30H25N3O5S/c1-37-28-20-29(38-2)24(19-23(28)11-10-21-7-3-4-8-26(21)31)14-17-27(34)22-12-15-25(16-13-22)39(35,36)33-30-9-5-6-18-32-30/h3-9,12-20H,31H2,1-2H3,(H,32,33). The number of rotatable bonds is 8. The van der Waals surface area contributed by atoms with Crippen LogP contribution < -0.4 is 19.9 Å². The van der Waals surface area contributed by atoms with Crippen LogP contribution in [-0.4, -0.2) is 33.4 Å². The minimum atomic E-state index is -3.85. The van der Waals surface area contributed by atoms with Crippen LogP contribution in [-0.2, 0) is 10.0 Å². The van der Waals surface area contributed by atoms with E-state index in [-0.39, 0.29) is 16.5 Å². The number of pyridine rings is 1. The number of carbonyl (C=O) groups is 1. The SMILES string of the molecule is COc1cc(OC)c(C=CC(=O)c2ccc(S(=O)(=O)Nc3ccccn3)cc2)cc1C#Cc1ccccc1N. The molecule has 3 aromatic carbocycles. The quantitative estimate of drug-likeness (QED) is 0.143. The van der Waals surface area contributed by atoms with Crippen LogP contribution in [0.3, 0.4) is 0 Å².